The lowest BCUT2D eigenvalue weighted by atomic mass is 10.2. The molecule has 82 valence electrons. The number of fused-ring (bicyclic) bond motifs is 1. The third-order valence-electron chi connectivity index (χ3n) is 2.15. The van der Waals surface area contributed by atoms with E-state index in [9.17, 15) is 8.42 Å². The molecular formula is C10H6ClNO2S2. The number of hydrogen-bond donors (Lipinski definition) is 0. The van der Waals surface area contributed by atoms with Gasteiger partial charge in [-0.25, -0.2) is 8.42 Å². The van der Waals surface area contributed by atoms with Crippen molar-refractivity contribution in [3.05, 3.63) is 28.6 Å². The van der Waals surface area contributed by atoms with Crippen molar-refractivity contribution in [3.8, 4) is 6.07 Å². The fourth-order valence-corrected chi connectivity index (χ4v) is 4.33. The lowest BCUT2D eigenvalue weighted by Crippen LogP contribution is -1.91. The van der Waals surface area contributed by atoms with Gasteiger partial charge in [-0.2, -0.15) is 5.26 Å². The first-order valence-corrected chi connectivity index (χ1v) is 7.44. The van der Waals surface area contributed by atoms with E-state index in [0.717, 1.165) is 21.6 Å². The molecule has 0 unspecified atom stereocenters. The van der Waals surface area contributed by atoms with Crippen LogP contribution in [0.25, 0.3) is 10.1 Å². The minimum absolute atomic E-state index is 0.0725. The van der Waals surface area contributed by atoms with Crippen LogP contribution in [0.4, 0.5) is 0 Å². The average molecular weight is 272 g/mol. The van der Waals surface area contributed by atoms with Gasteiger partial charge in [0.1, 0.15) is 15.8 Å². The van der Waals surface area contributed by atoms with Crippen molar-refractivity contribution >= 4 is 41.2 Å². The molecule has 0 bridgehead atoms. The third-order valence-corrected chi connectivity index (χ3v) is 4.71. The van der Waals surface area contributed by atoms with E-state index in [1.165, 1.54) is 0 Å². The predicted octanol–water partition coefficient (Wildman–Crippen LogP) is 3.01. The normalized spacial score (nSPS) is 11.6. The van der Waals surface area contributed by atoms with Gasteiger partial charge in [-0.15, -0.1) is 11.3 Å². The summed E-state index contributed by atoms with van der Waals surface area (Å²) in [5, 5.41) is 9.41. The van der Waals surface area contributed by atoms with Gasteiger partial charge in [-0.3, -0.25) is 0 Å². The maximum atomic E-state index is 11.4. The average Bonchev–Trinajstić information content (AvgIpc) is 2.54. The third kappa shape index (κ3) is 1.80. The first kappa shape index (κ1) is 11.4. The van der Waals surface area contributed by atoms with E-state index in [4.69, 9.17) is 15.9 Å². The van der Waals surface area contributed by atoms with E-state index < -0.39 is 9.05 Å². The molecule has 1 aromatic heterocycles. The molecular weight excluding hydrogens is 266 g/mol. The van der Waals surface area contributed by atoms with Crippen LogP contribution in [0.5, 0.6) is 0 Å². The number of thiophene rings is 1. The molecule has 2 aromatic rings. The summed E-state index contributed by atoms with van der Waals surface area (Å²) in [4.78, 5) is 0.0623. The van der Waals surface area contributed by atoms with Crippen molar-refractivity contribution in [1.82, 2.24) is 0 Å². The summed E-state index contributed by atoms with van der Waals surface area (Å²) in [5.41, 5.74) is 1.01. The molecule has 1 heterocycles. The molecule has 16 heavy (non-hydrogen) atoms. The van der Waals surface area contributed by atoms with Crippen LogP contribution in [0.1, 0.15) is 10.4 Å². The predicted molar refractivity (Wildman–Crippen MR) is 64.3 cm³/mol. The minimum atomic E-state index is -3.88. The molecule has 0 aliphatic heterocycles. The number of nitriles is 1. The Kier molecular flexibility index (Phi) is 2.66. The minimum Gasteiger partial charge on any atom is -0.207 e. The molecule has 3 nitrogen and oxygen atoms in total. The van der Waals surface area contributed by atoms with Crippen LogP contribution in [-0.4, -0.2) is 8.42 Å². The van der Waals surface area contributed by atoms with Gasteiger partial charge in [-0.05, 0) is 18.6 Å². The van der Waals surface area contributed by atoms with E-state index in [0.29, 0.717) is 5.39 Å². The molecule has 0 fully saturated rings. The first-order chi connectivity index (χ1) is 7.43. The Hall–Kier alpha value is -1.09. The van der Waals surface area contributed by atoms with E-state index in [1.54, 1.807) is 12.1 Å². The summed E-state index contributed by atoms with van der Waals surface area (Å²) < 4.78 is 23.5. The maximum Gasteiger partial charge on any atom is 0.264 e. The van der Waals surface area contributed by atoms with Crippen molar-refractivity contribution in [2.45, 2.75) is 11.8 Å². The van der Waals surface area contributed by atoms with Crippen molar-refractivity contribution in [2.75, 3.05) is 0 Å². The van der Waals surface area contributed by atoms with Crippen LogP contribution in [0.15, 0.2) is 23.1 Å². The second-order valence-electron chi connectivity index (χ2n) is 3.31. The Morgan fingerprint density at radius 1 is 1.44 bits per heavy atom. The Balaban J connectivity index is 2.97. The highest BCUT2D eigenvalue weighted by molar-refractivity contribution is 8.14. The molecule has 0 radical (unpaired) electrons. The van der Waals surface area contributed by atoms with Crippen LogP contribution >= 0.6 is 22.0 Å². The second-order valence-corrected chi connectivity index (χ2v) is 6.86. The molecule has 0 N–H and O–H groups in total. The lowest BCUT2D eigenvalue weighted by molar-refractivity contribution is 0.610. The summed E-state index contributed by atoms with van der Waals surface area (Å²) in [5.74, 6) is 0. The van der Waals surface area contributed by atoms with Crippen molar-refractivity contribution < 1.29 is 8.42 Å². The Morgan fingerprint density at radius 3 is 2.69 bits per heavy atom. The highest BCUT2D eigenvalue weighted by Gasteiger charge is 2.22. The Bertz CT molecular complexity index is 710. The van der Waals surface area contributed by atoms with Crippen LogP contribution in [-0.2, 0) is 9.05 Å². The molecule has 0 aliphatic carbocycles. The molecule has 0 saturated heterocycles. The zero-order valence-corrected chi connectivity index (χ0v) is 10.6. The molecule has 1 aromatic carbocycles. The lowest BCUT2D eigenvalue weighted by Gasteiger charge is -1.95. The summed E-state index contributed by atoms with van der Waals surface area (Å²) in [6.07, 6.45) is 0. The standard InChI is InChI=1S/C10H6ClNO2S2/c1-6-2-3-7-8(4-6)15-9(5-12)10(7)16(11,13)14/h2-4H,1H3. The summed E-state index contributed by atoms with van der Waals surface area (Å²) >= 11 is 1.14. The van der Waals surface area contributed by atoms with Gasteiger partial charge in [0.05, 0.1) is 0 Å². The quantitative estimate of drug-likeness (QED) is 0.749. The number of benzene rings is 1. The highest BCUT2D eigenvalue weighted by atomic mass is 35.7. The zero-order chi connectivity index (χ0) is 11.9. The molecule has 0 amide bonds. The summed E-state index contributed by atoms with van der Waals surface area (Å²) in [6, 6.07) is 7.18. The molecule has 0 spiro atoms. The van der Waals surface area contributed by atoms with Gasteiger partial charge in [0, 0.05) is 20.8 Å². The van der Waals surface area contributed by atoms with Gasteiger partial charge in [0.2, 0.25) is 0 Å². The Labute approximate surface area is 101 Å². The van der Waals surface area contributed by atoms with Crippen LogP contribution in [0.2, 0.25) is 0 Å². The zero-order valence-electron chi connectivity index (χ0n) is 8.19. The Morgan fingerprint density at radius 2 is 2.12 bits per heavy atom. The molecule has 0 aliphatic rings. The number of hydrogen-bond acceptors (Lipinski definition) is 4. The van der Waals surface area contributed by atoms with Crippen LogP contribution < -0.4 is 0 Å². The number of rotatable bonds is 1. The van der Waals surface area contributed by atoms with E-state index in [2.05, 4.69) is 0 Å². The smallest absolute Gasteiger partial charge is 0.207 e. The van der Waals surface area contributed by atoms with Crippen LogP contribution in [0.3, 0.4) is 0 Å². The fraction of sp³-hybridized carbons (Fsp3) is 0.100. The largest absolute Gasteiger partial charge is 0.264 e. The van der Waals surface area contributed by atoms with Gasteiger partial charge < -0.3 is 0 Å². The van der Waals surface area contributed by atoms with E-state index in [1.807, 2.05) is 19.1 Å². The number of aryl methyl sites for hydroxylation is 1. The van der Waals surface area contributed by atoms with Gasteiger partial charge in [0.15, 0.2) is 0 Å². The molecule has 0 saturated carbocycles. The fourth-order valence-electron chi connectivity index (χ4n) is 1.50. The first-order valence-electron chi connectivity index (χ1n) is 4.31. The van der Waals surface area contributed by atoms with Crippen molar-refractivity contribution in [3.63, 3.8) is 0 Å². The second kappa shape index (κ2) is 3.74. The molecule has 6 heteroatoms. The van der Waals surface area contributed by atoms with E-state index >= 15 is 0 Å². The SMILES string of the molecule is Cc1ccc2c(S(=O)(=O)Cl)c(C#N)sc2c1. The molecule has 2 rings (SSSR count). The monoisotopic (exact) mass is 271 g/mol. The number of halogens is 1. The number of nitrogens with zero attached hydrogens (tertiary/aromatic N) is 1. The van der Waals surface area contributed by atoms with E-state index in [-0.39, 0.29) is 9.77 Å². The van der Waals surface area contributed by atoms with Crippen molar-refractivity contribution in [2.24, 2.45) is 0 Å². The topological polar surface area (TPSA) is 57.9 Å². The maximum absolute atomic E-state index is 11.4. The van der Waals surface area contributed by atoms with Crippen molar-refractivity contribution in [1.29, 1.82) is 5.26 Å². The summed E-state index contributed by atoms with van der Waals surface area (Å²) in [6.45, 7) is 1.90. The summed E-state index contributed by atoms with van der Waals surface area (Å²) in [7, 11) is 1.45. The highest BCUT2D eigenvalue weighted by Crippen LogP contribution is 2.36. The van der Waals surface area contributed by atoms with Gasteiger partial charge >= 0.3 is 0 Å². The van der Waals surface area contributed by atoms with Gasteiger partial charge in [0.25, 0.3) is 9.05 Å². The van der Waals surface area contributed by atoms with Crippen LogP contribution in [0, 0.1) is 18.3 Å². The van der Waals surface area contributed by atoms with Gasteiger partial charge in [-0.1, -0.05) is 12.1 Å². The molecule has 0 atom stereocenters.